The molecule has 0 aromatic heterocycles. The van der Waals surface area contributed by atoms with E-state index in [2.05, 4.69) is 22.9 Å². The zero-order chi connectivity index (χ0) is 13.3. The van der Waals surface area contributed by atoms with E-state index in [4.69, 9.17) is 0 Å². The van der Waals surface area contributed by atoms with Crippen LogP contribution in [0.15, 0.2) is 12.1 Å². The first-order chi connectivity index (χ1) is 8.49. The molecule has 0 spiro atoms. The maximum absolute atomic E-state index is 13.7. The number of hydrogen-bond acceptors (Lipinski definition) is 0. The Morgan fingerprint density at radius 1 is 1.06 bits per heavy atom. The lowest BCUT2D eigenvalue weighted by Crippen LogP contribution is -2.18. The van der Waals surface area contributed by atoms with Crippen LogP contribution in [0.4, 0.5) is 13.2 Å². The Labute approximate surface area is 114 Å². The maximum Gasteiger partial charge on any atom is 0.133 e. The first-order valence-corrected chi connectivity index (χ1v) is 7.19. The number of benzene rings is 1. The summed E-state index contributed by atoms with van der Waals surface area (Å²) in [5.74, 6) is -1.56. The third-order valence-electron chi connectivity index (χ3n) is 3.79. The van der Waals surface area contributed by atoms with Gasteiger partial charge < -0.3 is 0 Å². The van der Waals surface area contributed by atoms with Gasteiger partial charge >= 0.3 is 0 Å². The van der Waals surface area contributed by atoms with Crippen LogP contribution in [0.3, 0.4) is 0 Å². The molecule has 0 nitrogen and oxygen atoms in total. The third kappa shape index (κ3) is 2.90. The fraction of sp³-hybridized carbons (Fsp3) is 0.571. The molecule has 0 amide bonds. The zero-order valence-corrected chi connectivity index (χ0v) is 11.8. The van der Waals surface area contributed by atoms with E-state index < -0.39 is 17.5 Å². The fourth-order valence-corrected chi connectivity index (χ4v) is 3.60. The van der Waals surface area contributed by atoms with Gasteiger partial charge in [-0.2, -0.15) is 0 Å². The van der Waals surface area contributed by atoms with Crippen LogP contribution in [-0.2, 0) is 0 Å². The minimum atomic E-state index is -0.870. The fourth-order valence-electron chi connectivity index (χ4n) is 2.63. The van der Waals surface area contributed by atoms with Crippen LogP contribution in [0.5, 0.6) is 0 Å². The molecule has 1 aromatic carbocycles. The minimum Gasteiger partial charge on any atom is -0.207 e. The van der Waals surface area contributed by atoms with Crippen molar-refractivity contribution in [1.29, 1.82) is 0 Å². The van der Waals surface area contributed by atoms with E-state index in [-0.39, 0.29) is 16.3 Å². The molecule has 1 aliphatic rings. The lowest BCUT2D eigenvalue weighted by molar-refractivity contribution is 0.283. The molecule has 0 N–H and O–H groups in total. The quantitative estimate of drug-likeness (QED) is 0.643. The minimum absolute atomic E-state index is 0.0315. The van der Waals surface area contributed by atoms with E-state index in [9.17, 15) is 13.2 Å². The summed E-state index contributed by atoms with van der Waals surface area (Å²) in [7, 11) is 0. The molecule has 1 fully saturated rings. The highest BCUT2D eigenvalue weighted by Crippen LogP contribution is 2.43. The summed E-state index contributed by atoms with van der Waals surface area (Å²) >= 11 is 3.39. The molecule has 0 saturated heterocycles. The normalized spacial score (nSPS) is 26.1. The van der Waals surface area contributed by atoms with Gasteiger partial charge in [0.15, 0.2) is 0 Å². The Balaban J connectivity index is 2.21. The average Bonchev–Trinajstić information content (AvgIpc) is 2.28. The van der Waals surface area contributed by atoms with Crippen LogP contribution in [0.2, 0.25) is 0 Å². The van der Waals surface area contributed by atoms with Gasteiger partial charge in [-0.05, 0) is 24.7 Å². The van der Waals surface area contributed by atoms with Gasteiger partial charge in [0.2, 0.25) is 0 Å². The van der Waals surface area contributed by atoms with Crippen LogP contribution in [0, 0.1) is 29.3 Å². The van der Waals surface area contributed by atoms with Crippen LogP contribution >= 0.6 is 15.9 Å². The van der Waals surface area contributed by atoms with Crippen molar-refractivity contribution in [2.24, 2.45) is 11.8 Å². The molecule has 100 valence electrons. The van der Waals surface area contributed by atoms with E-state index >= 15 is 0 Å². The predicted molar refractivity (Wildman–Crippen MR) is 69.1 cm³/mol. The highest BCUT2D eigenvalue weighted by atomic mass is 79.9. The maximum atomic E-state index is 13.7. The molecule has 1 aliphatic carbocycles. The monoisotopic (exact) mass is 320 g/mol. The van der Waals surface area contributed by atoms with Crippen molar-refractivity contribution in [2.75, 3.05) is 0 Å². The Morgan fingerprint density at radius 3 is 2.06 bits per heavy atom. The van der Waals surface area contributed by atoms with Crippen LogP contribution in [0.25, 0.3) is 0 Å². The van der Waals surface area contributed by atoms with Gasteiger partial charge in [0.1, 0.15) is 17.5 Å². The van der Waals surface area contributed by atoms with Gasteiger partial charge in [-0.3, -0.25) is 0 Å². The van der Waals surface area contributed by atoms with E-state index in [0.29, 0.717) is 5.92 Å². The predicted octanol–water partition coefficient (Wildman–Crippen LogP) is 5.37. The molecule has 1 atom stereocenters. The van der Waals surface area contributed by atoms with Crippen LogP contribution < -0.4 is 0 Å². The highest BCUT2D eigenvalue weighted by Gasteiger charge is 2.29. The van der Waals surface area contributed by atoms with Crippen molar-refractivity contribution in [3.8, 4) is 0 Å². The molecule has 1 aromatic rings. The van der Waals surface area contributed by atoms with Crippen molar-refractivity contribution in [1.82, 2.24) is 0 Å². The molecular formula is C14H16BrF3. The first-order valence-electron chi connectivity index (χ1n) is 6.27. The second-order valence-electron chi connectivity index (χ2n) is 5.20. The molecule has 2 rings (SSSR count). The molecule has 1 saturated carbocycles. The summed E-state index contributed by atoms with van der Waals surface area (Å²) in [5.41, 5.74) is -0.0315. The lowest BCUT2D eigenvalue weighted by Gasteiger charge is -2.30. The number of rotatable bonds is 2. The molecule has 4 heteroatoms. The molecule has 0 aliphatic heterocycles. The van der Waals surface area contributed by atoms with Crippen molar-refractivity contribution in [3.63, 3.8) is 0 Å². The molecule has 18 heavy (non-hydrogen) atoms. The van der Waals surface area contributed by atoms with Gasteiger partial charge in [0, 0.05) is 22.5 Å². The SMILES string of the molecule is CC1CCC(C(Br)c2c(F)cc(F)cc2F)CC1. The Bertz CT molecular complexity index is 402. The van der Waals surface area contributed by atoms with E-state index in [0.717, 1.165) is 37.8 Å². The van der Waals surface area contributed by atoms with E-state index in [1.807, 2.05) is 0 Å². The summed E-state index contributed by atoms with van der Waals surface area (Å²) in [6.45, 7) is 2.19. The Morgan fingerprint density at radius 2 is 1.56 bits per heavy atom. The topological polar surface area (TPSA) is 0 Å². The van der Waals surface area contributed by atoms with Crippen molar-refractivity contribution >= 4 is 15.9 Å². The number of halogens is 4. The zero-order valence-electron chi connectivity index (χ0n) is 10.2. The number of alkyl halides is 1. The van der Waals surface area contributed by atoms with Gasteiger partial charge in [-0.25, -0.2) is 13.2 Å². The molecule has 0 heterocycles. The summed E-state index contributed by atoms with van der Waals surface area (Å²) in [4.78, 5) is -0.370. The van der Waals surface area contributed by atoms with Crippen LogP contribution in [0.1, 0.15) is 43.0 Å². The lowest BCUT2D eigenvalue weighted by atomic mass is 9.80. The summed E-state index contributed by atoms with van der Waals surface area (Å²) in [6, 6.07) is 1.50. The number of hydrogen-bond donors (Lipinski definition) is 0. The van der Waals surface area contributed by atoms with Gasteiger partial charge in [-0.15, -0.1) is 0 Å². The third-order valence-corrected chi connectivity index (χ3v) is 5.00. The van der Waals surface area contributed by atoms with E-state index in [1.54, 1.807) is 0 Å². The van der Waals surface area contributed by atoms with Crippen molar-refractivity contribution in [3.05, 3.63) is 35.1 Å². The van der Waals surface area contributed by atoms with Crippen molar-refractivity contribution < 1.29 is 13.2 Å². The smallest absolute Gasteiger partial charge is 0.133 e. The Kier molecular flexibility index (Phi) is 4.36. The van der Waals surface area contributed by atoms with Crippen molar-refractivity contribution in [2.45, 2.75) is 37.4 Å². The average molecular weight is 321 g/mol. The van der Waals surface area contributed by atoms with Gasteiger partial charge in [-0.1, -0.05) is 35.7 Å². The molecule has 0 bridgehead atoms. The van der Waals surface area contributed by atoms with Gasteiger partial charge in [0.05, 0.1) is 0 Å². The first kappa shape index (κ1) is 13.9. The van der Waals surface area contributed by atoms with Crippen LogP contribution in [-0.4, -0.2) is 0 Å². The summed E-state index contributed by atoms with van der Waals surface area (Å²) < 4.78 is 40.2. The summed E-state index contributed by atoms with van der Waals surface area (Å²) in [5, 5.41) is 0. The van der Waals surface area contributed by atoms with Gasteiger partial charge in [0.25, 0.3) is 0 Å². The molecule has 0 radical (unpaired) electrons. The summed E-state index contributed by atoms with van der Waals surface area (Å²) in [6.07, 6.45) is 4.06. The standard InChI is InChI=1S/C14H16BrF3/c1-8-2-4-9(5-3-8)14(15)13-11(17)6-10(16)7-12(13)18/h6-9,14H,2-5H2,1H3. The van der Waals surface area contributed by atoms with E-state index in [1.165, 1.54) is 0 Å². The largest absolute Gasteiger partial charge is 0.207 e. The molecular weight excluding hydrogens is 305 g/mol. The highest BCUT2D eigenvalue weighted by molar-refractivity contribution is 9.09. The Hall–Kier alpha value is -0.510. The molecule has 1 unspecified atom stereocenters. The second-order valence-corrected chi connectivity index (χ2v) is 6.19. The second kappa shape index (κ2) is 5.64.